The molecule has 2 aromatic heterocycles. The van der Waals surface area contributed by atoms with Gasteiger partial charge in [0.25, 0.3) is 5.22 Å². The number of unbranched alkanes of at least 4 members (excludes halogenated alkanes) is 1. The molecule has 1 N–H and O–H groups in total. The summed E-state index contributed by atoms with van der Waals surface area (Å²) in [4.78, 5) is 20.5. The van der Waals surface area contributed by atoms with E-state index in [1.165, 1.54) is 11.8 Å². The summed E-state index contributed by atoms with van der Waals surface area (Å²) in [6.45, 7) is 4.81. The Labute approximate surface area is 122 Å². The number of amides is 1. The van der Waals surface area contributed by atoms with Gasteiger partial charge >= 0.3 is 0 Å². The van der Waals surface area contributed by atoms with E-state index in [1.54, 1.807) is 12.3 Å². The van der Waals surface area contributed by atoms with Gasteiger partial charge in [0.1, 0.15) is 0 Å². The van der Waals surface area contributed by atoms with Gasteiger partial charge in [-0.05, 0) is 25.0 Å². The van der Waals surface area contributed by atoms with E-state index in [4.69, 9.17) is 4.42 Å². The standard InChI is InChI=1S/C14H19N3O2S/c1-3-5-8-16-13(18)11(4-2)20-14-17-12-10(19-14)7-6-9-15-12/h6-7,9,11H,3-5,8H2,1-2H3,(H,16,18). The number of hydrogen-bond donors (Lipinski definition) is 1. The second kappa shape index (κ2) is 7.28. The Morgan fingerprint density at radius 2 is 2.35 bits per heavy atom. The Hall–Kier alpha value is -1.56. The summed E-state index contributed by atoms with van der Waals surface area (Å²) in [6.07, 6.45) is 4.48. The molecule has 0 bridgehead atoms. The summed E-state index contributed by atoms with van der Waals surface area (Å²) in [6, 6.07) is 3.62. The smallest absolute Gasteiger partial charge is 0.259 e. The molecule has 1 amide bonds. The maximum atomic E-state index is 12.1. The van der Waals surface area contributed by atoms with Gasteiger partial charge in [-0.1, -0.05) is 32.0 Å². The van der Waals surface area contributed by atoms with Crippen LogP contribution in [0.15, 0.2) is 28.0 Å². The van der Waals surface area contributed by atoms with Gasteiger partial charge in [0.05, 0.1) is 5.25 Å². The topological polar surface area (TPSA) is 68.0 Å². The molecule has 0 spiro atoms. The first-order valence-electron chi connectivity index (χ1n) is 6.90. The van der Waals surface area contributed by atoms with Crippen LogP contribution in [0.3, 0.4) is 0 Å². The van der Waals surface area contributed by atoms with E-state index >= 15 is 0 Å². The Kier molecular flexibility index (Phi) is 5.40. The van der Waals surface area contributed by atoms with Gasteiger partial charge in [-0.15, -0.1) is 0 Å². The zero-order valence-corrected chi connectivity index (χ0v) is 12.6. The van der Waals surface area contributed by atoms with E-state index in [1.807, 2.05) is 13.0 Å². The van der Waals surface area contributed by atoms with Crippen LogP contribution in [-0.4, -0.2) is 27.7 Å². The van der Waals surface area contributed by atoms with Crippen molar-refractivity contribution in [2.45, 2.75) is 43.6 Å². The molecule has 108 valence electrons. The lowest BCUT2D eigenvalue weighted by atomic mass is 10.3. The molecule has 2 rings (SSSR count). The third kappa shape index (κ3) is 3.72. The largest absolute Gasteiger partial charge is 0.430 e. The van der Waals surface area contributed by atoms with Gasteiger partial charge in [0.2, 0.25) is 5.91 Å². The van der Waals surface area contributed by atoms with Gasteiger partial charge < -0.3 is 9.73 Å². The molecular formula is C14H19N3O2S. The van der Waals surface area contributed by atoms with Crippen molar-refractivity contribution in [3.63, 3.8) is 0 Å². The van der Waals surface area contributed by atoms with Crippen molar-refractivity contribution in [3.8, 4) is 0 Å². The zero-order chi connectivity index (χ0) is 14.4. The number of aromatic nitrogens is 2. The maximum Gasteiger partial charge on any atom is 0.259 e. The van der Waals surface area contributed by atoms with Gasteiger partial charge in [-0.2, -0.15) is 4.98 Å². The predicted molar refractivity (Wildman–Crippen MR) is 79.7 cm³/mol. The highest BCUT2D eigenvalue weighted by Crippen LogP contribution is 2.27. The molecule has 6 heteroatoms. The third-order valence-corrected chi connectivity index (χ3v) is 4.09. The number of hydrogen-bond acceptors (Lipinski definition) is 5. The first kappa shape index (κ1) is 14.8. The SMILES string of the molecule is CCCCNC(=O)C(CC)Sc1nc2ncccc2o1. The molecule has 0 aromatic carbocycles. The summed E-state index contributed by atoms with van der Waals surface area (Å²) in [5.41, 5.74) is 1.23. The number of pyridine rings is 1. The van der Waals surface area contributed by atoms with Crippen LogP contribution in [-0.2, 0) is 4.79 Å². The molecule has 0 aliphatic rings. The number of nitrogens with one attached hydrogen (secondary N) is 1. The van der Waals surface area contributed by atoms with Crippen molar-refractivity contribution in [1.29, 1.82) is 0 Å². The van der Waals surface area contributed by atoms with Crippen molar-refractivity contribution in [1.82, 2.24) is 15.3 Å². The highest BCUT2D eigenvalue weighted by Gasteiger charge is 2.20. The fraction of sp³-hybridized carbons (Fsp3) is 0.500. The van der Waals surface area contributed by atoms with Crippen molar-refractivity contribution in [3.05, 3.63) is 18.3 Å². The first-order chi connectivity index (χ1) is 9.74. The summed E-state index contributed by atoms with van der Waals surface area (Å²) in [7, 11) is 0. The number of oxazole rings is 1. The normalized spacial score (nSPS) is 12.5. The maximum absolute atomic E-state index is 12.1. The molecule has 5 nitrogen and oxygen atoms in total. The van der Waals surface area contributed by atoms with Crippen LogP contribution in [0.25, 0.3) is 11.2 Å². The van der Waals surface area contributed by atoms with Gasteiger partial charge in [0, 0.05) is 12.7 Å². The highest BCUT2D eigenvalue weighted by atomic mass is 32.2. The van der Waals surface area contributed by atoms with Crippen LogP contribution in [0.4, 0.5) is 0 Å². The number of nitrogens with zero attached hydrogens (tertiary/aromatic N) is 2. The van der Waals surface area contributed by atoms with Crippen LogP contribution in [0.5, 0.6) is 0 Å². The molecule has 20 heavy (non-hydrogen) atoms. The van der Waals surface area contributed by atoms with Crippen LogP contribution in [0.2, 0.25) is 0 Å². The zero-order valence-electron chi connectivity index (χ0n) is 11.8. The van der Waals surface area contributed by atoms with Crippen molar-refractivity contribution in [2.75, 3.05) is 6.54 Å². The fourth-order valence-electron chi connectivity index (χ4n) is 1.75. The number of fused-ring (bicyclic) bond motifs is 1. The van der Waals surface area contributed by atoms with E-state index < -0.39 is 0 Å². The van der Waals surface area contributed by atoms with Crippen molar-refractivity contribution >= 4 is 28.9 Å². The molecule has 2 aromatic rings. The summed E-state index contributed by atoms with van der Waals surface area (Å²) in [5.74, 6) is 0.0427. The molecule has 0 saturated carbocycles. The lowest BCUT2D eigenvalue weighted by Crippen LogP contribution is -2.32. The van der Waals surface area contributed by atoms with E-state index in [9.17, 15) is 4.79 Å². The van der Waals surface area contributed by atoms with Crippen molar-refractivity contribution in [2.24, 2.45) is 0 Å². The molecule has 0 saturated heterocycles. The molecule has 0 fully saturated rings. The minimum atomic E-state index is -0.181. The van der Waals surface area contributed by atoms with Crippen LogP contribution in [0.1, 0.15) is 33.1 Å². The summed E-state index contributed by atoms with van der Waals surface area (Å²) < 4.78 is 5.59. The quantitative estimate of drug-likeness (QED) is 0.628. The number of rotatable bonds is 7. The monoisotopic (exact) mass is 293 g/mol. The fourth-order valence-corrected chi connectivity index (χ4v) is 2.62. The van der Waals surface area contributed by atoms with Crippen LogP contribution >= 0.6 is 11.8 Å². The number of thioether (sulfide) groups is 1. The van der Waals surface area contributed by atoms with E-state index in [0.29, 0.717) is 16.5 Å². The average molecular weight is 293 g/mol. The van der Waals surface area contributed by atoms with E-state index in [-0.39, 0.29) is 11.2 Å². The second-order valence-corrected chi connectivity index (χ2v) is 5.62. The van der Waals surface area contributed by atoms with Crippen molar-refractivity contribution < 1.29 is 9.21 Å². The lowest BCUT2D eigenvalue weighted by Gasteiger charge is -2.12. The molecule has 2 heterocycles. The molecule has 0 aliphatic carbocycles. The molecule has 1 atom stereocenters. The van der Waals surface area contributed by atoms with Gasteiger partial charge in [0.15, 0.2) is 11.2 Å². The second-order valence-electron chi connectivity index (χ2n) is 4.46. The third-order valence-electron chi connectivity index (χ3n) is 2.88. The first-order valence-corrected chi connectivity index (χ1v) is 7.78. The minimum absolute atomic E-state index is 0.0427. The number of carbonyl (C=O) groups excluding carboxylic acids is 1. The van der Waals surface area contributed by atoms with E-state index in [2.05, 4.69) is 22.2 Å². The summed E-state index contributed by atoms with van der Waals surface area (Å²) in [5, 5.41) is 3.26. The minimum Gasteiger partial charge on any atom is -0.430 e. The Bertz CT molecular complexity index is 537. The molecule has 0 radical (unpaired) electrons. The molecular weight excluding hydrogens is 274 g/mol. The predicted octanol–water partition coefficient (Wildman–Crippen LogP) is 3.01. The Balaban J connectivity index is 2.00. The van der Waals surface area contributed by atoms with Gasteiger partial charge in [-0.25, -0.2) is 4.98 Å². The summed E-state index contributed by atoms with van der Waals surface area (Å²) >= 11 is 1.35. The Morgan fingerprint density at radius 3 is 3.05 bits per heavy atom. The average Bonchev–Trinajstić information content (AvgIpc) is 2.87. The number of carbonyl (C=O) groups is 1. The van der Waals surface area contributed by atoms with E-state index in [0.717, 1.165) is 25.8 Å². The molecule has 1 unspecified atom stereocenters. The van der Waals surface area contributed by atoms with Gasteiger partial charge in [-0.3, -0.25) is 4.79 Å². The molecule has 0 aliphatic heterocycles. The lowest BCUT2D eigenvalue weighted by molar-refractivity contribution is -0.120. The highest BCUT2D eigenvalue weighted by molar-refractivity contribution is 8.00. The Morgan fingerprint density at radius 1 is 1.50 bits per heavy atom. The van der Waals surface area contributed by atoms with Crippen LogP contribution < -0.4 is 5.32 Å². The van der Waals surface area contributed by atoms with Crippen LogP contribution in [0, 0.1) is 0 Å².